The average Bonchev–Trinajstić information content (AvgIpc) is 3.15. The summed E-state index contributed by atoms with van der Waals surface area (Å²) in [6, 6.07) is 7.91. The van der Waals surface area contributed by atoms with Crippen LogP contribution in [0.3, 0.4) is 0 Å². The van der Waals surface area contributed by atoms with E-state index in [4.69, 9.17) is 4.42 Å². The molecule has 0 unspecified atom stereocenters. The van der Waals surface area contributed by atoms with Gasteiger partial charge in [-0.05, 0) is 30.5 Å². The number of nitrogens with one attached hydrogen (secondary N) is 1. The zero-order valence-corrected chi connectivity index (χ0v) is 12.4. The van der Waals surface area contributed by atoms with Gasteiger partial charge < -0.3 is 14.8 Å². The van der Waals surface area contributed by atoms with Crippen LogP contribution in [0.5, 0.6) is 0 Å². The van der Waals surface area contributed by atoms with Gasteiger partial charge in [-0.1, -0.05) is 22.4 Å². The van der Waals surface area contributed by atoms with Gasteiger partial charge in [0.05, 0.1) is 25.0 Å². The summed E-state index contributed by atoms with van der Waals surface area (Å²) in [4.78, 5) is 0. The SMILES string of the molecule is OCc1cccc(-n2cc(CNc3nnc(C4CC4)o3)nn2)c1. The largest absolute Gasteiger partial charge is 0.408 e. The molecule has 4 rings (SSSR count). The van der Waals surface area contributed by atoms with Gasteiger partial charge in [-0.15, -0.1) is 10.2 Å². The standard InChI is InChI=1S/C15H16N6O2/c22-9-10-2-1-3-13(6-10)21-8-12(17-20-21)7-16-15-19-18-14(23-15)11-4-5-11/h1-3,6,8,11,22H,4-5,7,9H2,(H,16,19). The topological polar surface area (TPSA) is 102 Å². The Morgan fingerprint density at radius 3 is 3.00 bits per heavy atom. The third-order valence-electron chi connectivity index (χ3n) is 3.69. The molecule has 1 aliphatic rings. The Bertz CT molecular complexity index is 808. The monoisotopic (exact) mass is 312 g/mol. The number of nitrogens with zero attached hydrogens (tertiary/aromatic N) is 5. The van der Waals surface area contributed by atoms with Crippen molar-refractivity contribution in [3.05, 3.63) is 47.6 Å². The van der Waals surface area contributed by atoms with Crippen molar-refractivity contribution >= 4 is 6.01 Å². The van der Waals surface area contributed by atoms with Gasteiger partial charge in [-0.2, -0.15) is 0 Å². The predicted molar refractivity (Wildman–Crippen MR) is 80.9 cm³/mol. The molecule has 3 aromatic rings. The Balaban J connectivity index is 1.42. The summed E-state index contributed by atoms with van der Waals surface area (Å²) in [6.07, 6.45) is 4.08. The second kappa shape index (κ2) is 5.81. The van der Waals surface area contributed by atoms with E-state index in [-0.39, 0.29) is 6.61 Å². The van der Waals surface area contributed by atoms with Crippen LogP contribution in [0.1, 0.15) is 35.9 Å². The summed E-state index contributed by atoms with van der Waals surface area (Å²) in [5.41, 5.74) is 2.44. The first kappa shape index (κ1) is 13.9. The van der Waals surface area contributed by atoms with Crippen molar-refractivity contribution in [2.75, 3.05) is 5.32 Å². The number of aliphatic hydroxyl groups is 1. The Hall–Kier alpha value is -2.74. The molecule has 8 nitrogen and oxygen atoms in total. The lowest BCUT2D eigenvalue weighted by Crippen LogP contribution is -2.00. The van der Waals surface area contributed by atoms with Gasteiger partial charge in [0.1, 0.15) is 5.69 Å². The Morgan fingerprint density at radius 1 is 1.26 bits per heavy atom. The molecule has 0 aliphatic heterocycles. The van der Waals surface area contributed by atoms with Crippen LogP contribution in [-0.2, 0) is 13.2 Å². The van der Waals surface area contributed by atoms with E-state index in [1.807, 2.05) is 30.5 Å². The van der Waals surface area contributed by atoms with Crippen molar-refractivity contribution in [2.24, 2.45) is 0 Å². The molecular formula is C15H16N6O2. The molecule has 1 fully saturated rings. The first-order valence-corrected chi connectivity index (χ1v) is 7.50. The molecule has 1 aromatic carbocycles. The molecule has 0 atom stereocenters. The van der Waals surface area contributed by atoms with Crippen LogP contribution in [0.15, 0.2) is 34.9 Å². The number of anilines is 1. The van der Waals surface area contributed by atoms with E-state index >= 15 is 0 Å². The van der Waals surface area contributed by atoms with Crippen LogP contribution < -0.4 is 5.32 Å². The van der Waals surface area contributed by atoms with E-state index in [1.165, 1.54) is 0 Å². The van der Waals surface area contributed by atoms with Gasteiger partial charge in [-0.25, -0.2) is 4.68 Å². The van der Waals surface area contributed by atoms with Crippen molar-refractivity contribution < 1.29 is 9.52 Å². The van der Waals surface area contributed by atoms with Crippen molar-refractivity contribution in [3.63, 3.8) is 0 Å². The summed E-state index contributed by atoms with van der Waals surface area (Å²) in [7, 11) is 0. The van der Waals surface area contributed by atoms with E-state index in [9.17, 15) is 5.11 Å². The smallest absolute Gasteiger partial charge is 0.315 e. The molecule has 0 bridgehead atoms. The molecule has 0 spiro atoms. The van der Waals surface area contributed by atoms with Crippen molar-refractivity contribution in [1.82, 2.24) is 25.2 Å². The average molecular weight is 312 g/mol. The van der Waals surface area contributed by atoms with Crippen LogP contribution in [0, 0.1) is 0 Å². The van der Waals surface area contributed by atoms with Crippen molar-refractivity contribution in [3.8, 4) is 5.69 Å². The first-order valence-electron chi connectivity index (χ1n) is 7.50. The molecule has 0 amide bonds. The van der Waals surface area contributed by atoms with E-state index in [0.717, 1.165) is 29.8 Å². The van der Waals surface area contributed by atoms with Crippen LogP contribution in [0.4, 0.5) is 6.01 Å². The second-order valence-corrected chi connectivity index (χ2v) is 5.56. The fraction of sp³-hybridized carbons (Fsp3) is 0.333. The Kier molecular flexibility index (Phi) is 3.51. The molecule has 2 aromatic heterocycles. The molecule has 1 aliphatic carbocycles. The molecule has 0 saturated heterocycles. The van der Waals surface area contributed by atoms with E-state index in [1.54, 1.807) is 4.68 Å². The minimum absolute atomic E-state index is 0.00254. The first-order chi connectivity index (χ1) is 11.3. The lowest BCUT2D eigenvalue weighted by atomic mass is 10.2. The van der Waals surface area contributed by atoms with Gasteiger partial charge in [0.2, 0.25) is 5.89 Å². The molecule has 2 N–H and O–H groups in total. The zero-order chi connectivity index (χ0) is 15.6. The third kappa shape index (κ3) is 3.07. The maximum absolute atomic E-state index is 9.19. The number of benzene rings is 1. The normalized spacial score (nSPS) is 14.1. The quantitative estimate of drug-likeness (QED) is 0.713. The van der Waals surface area contributed by atoms with E-state index < -0.39 is 0 Å². The van der Waals surface area contributed by atoms with Crippen LogP contribution in [0.2, 0.25) is 0 Å². The molecule has 23 heavy (non-hydrogen) atoms. The lowest BCUT2D eigenvalue weighted by molar-refractivity contribution is 0.282. The summed E-state index contributed by atoms with van der Waals surface area (Å²) < 4.78 is 7.20. The van der Waals surface area contributed by atoms with Crippen molar-refractivity contribution in [2.45, 2.75) is 31.9 Å². The highest BCUT2D eigenvalue weighted by molar-refractivity contribution is 5.35. The number of rotatable bonds is 6. The van der Waals surface area contributed by atoms with Crippen LogP contribution >= 0.6 is 0 Å². The van der Waals surface area contributed by atoms with Crippen LogP contribution in [-0.4, -0.2) is 30.3 Å². The lowest BCUT2D eigenvalue weighted by Gasteiger charge is -2.01. The Labute approximate surface area is 132 Å². The fourth-order valence-electron chi connectivity index (χ4n) is 2.27. The minimum Gasteiger partial charge on any atom is -0.408 e. The zero-order valence-electron chi connectivity index (χ0n) is 12.4. The predicted octanol–water partition coefficient (Wildman–Crippen LogP) is 1.63. The number of aromatic nitrogens is 5. The van der Waals surface area contributed by atoms with E-state index in [0.29, 0.717) is 24.4 Å². The van der Waals surface area contributed by atoms with Gasteiger partial charge in [0.25, 0.3) is 0 Å². The molecule has 118 valence electrons. The second-order valence-electron chi connectivity index (χ2n) is 5.56. The molecule has 1 saturated carbocycles. The van der Waals surface area contributed by atoms with Gasteiger partial charge in [0, 0.05) is 5.92 Å². The molecule has 8 heteroatoms. The van der Waals surface area contributed by atoms with Gasteiger partial charge >= 0.3 is 6.01 Å². The van der Waals surface area contributed by atoms with E-state index in [2.05, 4.69) is 25.8 Å². The summed E-state index contributed by atoms with van der Waals surface area (Å²) >= 11 is 0. The summed E-state index contributed by atoms with van der Waals surface area (Å²) in [5, 5.41) is 28.4. The summed E-state index contributed by atoms with van der Waals surface area (Å²) in [6.45, 7) is 0.448. The molecular weight excluding hydrogens is 296 g/mol. The van der Waals surface area contributed by atoms with Crippen LogP contribution in [0.25, 0.3) is 5.69 Å². The summed E-state index contributed by atoms with van der Waals surface area (Å²) in [5.74, 6) is 1.15. The highest BCUT2D eigenvalue weighted by Crippen LogP contribution is 2.39. The number of aliphatic hydroxyl groups excluding tert-OH is 1. The fourth-order valence-corrected chi connectivity index (χ4v) is 2.27. The number of hydrogen-bond donors (Lipinski definition) is 2. The third-order valence-corrected chi connectivity index (χ3v) is 3.69. The highest BCUT2D eigenvalue weighted by atomic mass is 16.4. The van der Waals surface area contributed by atoms with Crippen molar-refractivity contribution in [1.29, 1.82) is 0 Å². The molecule has 2 heterocycles. The highest BCUT2D eigenvalue weighted by Gasteiger charge is 2.29. The molecule has 0 radical (unpaired) electrons. The minimum atomic E-state index is -0.00254. The Morgan fingerprint density at radius 2 is 2.17 bits per heavy atom. The maximum atomic E-state index is 9.19. The van der Waals surface area contributed by atoms with Gasteiger partial charge in [-0.3, -0.25) is 0 Å². The maximum Gasteiger partial charge on any atom is 0.315 e. The van der Waals surface area contributed by atoms with Gasteiger partial charge in [0.15, 0.2) is 0 Å². The number of hydrogen-bond acceptors (Lipinski definition) is 7.